The molecular formula is C18H19F4NO3. The third kappa shape index (κ3) is 3.60. The molecule has 4 nitrogen and oxygen atoms in total. The van der Waals surface area contributed by atoms with Crippen molar-refractivity contribution in [1.82, 2.24) is 4.57 Å². The van der Waals surface area contributed by atoms with Crippen LogP contribution in [0.15, 0.2) is 43.1 Å². The Morgan fingerprint density at radius 3 is 2.35 bits per heavy atom. The van der Waals surface area contributed by atoms with Gasteiger partial charge in [0, 0.05) is 11.6 Å². The van der Waals surface area contributed by atoms with Gasteiger partial charge >= 0.3 is 12.3 Å². The van der Waals surface area contributed by atoms with Crippen molar-refractivity contribution in [3.8, 4) is 0 Å². The van der Waals surface area contributed by atoms with E-state index in [1.807, 2.05) is 0 Å². The highest BCUT2D eigenvalue weighted by atomic mass is 19.4. The second kappa shape index (κ2) is 6.42. The summed E-state index contributed by atoms with van der Waals surface area (Å²) in [5, 5.41) is 10.3. The van der Waals surface area contributed by atoms with Gasteiger partial charge in [0.05, 0.1) is 5.52 Å². The Balaban J connectivity index is 2.42. The lowest BCUT2D eigenvalue weighted by Gasteiger charge is -2.29. The molecule has 26 heavy (non-hydrogen) atoms. The molecule has 2 aromatic rings. The highest BCUT2D eigenvalue weighted by Gasteiger charge is 2.59. The summed E-state index contributed by atoms with van der Waals surface area (Å²) in [7, 11) is 0. The molecular weight excluding hydrogens is 354 g/mol. The van der Waals surface area contributed by atoms with Crippen LogP contribution in [0.4, 0.5) is 22.4 Å². The molecule has 0 aliphatic rings. The van der Waals surface area contributed by atoms with Gasteiger partial charge in [0.1, 0.15) is 11.7 Å². The molecule has 2 rings (SSSR count). The minimum Gasteiger partial charge on any atom is -0.443 e. The van der Waals surface area contributed by atoms with E-state index in [0.29, 0.717) is 10.9 Å². The molecule has 0 fully saturated rings. The number of benzene rings is 1. The highest BCUT2D eigenvalue weighted by Crippen LogP contribution is 2.44. The smallest absolute Gasteiger partial charge is 0.429 e. The number of ether oxygens (including phenoxy) is 1. The zero-order valence-corrected chi connectivity index (χ0v) is 14.5. The summed E-state index contributed by atoms with van der Waals surface area (Å²) in [5.74, 6) is 0. The Morgan fingerprint density at radius 2 is 1.85 bits per heavy atom. The average molecular weight is 373 g/mol. The fraction of sp³-hybridized carbons (Fsp3) is 0.389. The maximum atomic E-state index is 14.3. The van der Waals surface area contributed by atoms with Gasteiger partial charge in [0.25, 0.3) is 5.67 Å². The van der Waals surface area contributed by atoms with E-state index >= 15 is 0 Å². The number of hydrogen-bond donors (Lipinski definition) is 1. The van der Waals surface area contributed by atoms with Crippen molar-refractivity contribution in [3.05, 3.63) is 48.7 Å². The maximum Gasteiger partial charge on any atom is 0.429 e. The predicted octanol–water partition coefficient (Wildman–Crippen LogP) is 4.91. The summed E-state index contributed by atoms with van der Waals surface area (Å²) in [5.41, 5.74) is -4.66. The van der Waals surface area contributed by atoms with Crippen LogP contribution in [0.3, 0.4) is 0 Å². The number of aromatic nitrogens is 1. The maximum absolute atomic E-state index is 14.3. The van der Waals surface area contributed by atoms with Gasteiger partial charge in [0.2, 0.25) is 0 Å². The van der Waals surface area contributed by atoms with Crippen molar-refractivity contribution in [2.45, 2.75) is 44.3 Å². The van der Waals surface area contributed by atoms with E-state index in [1.54, 1.807) is 20.8 Å². The van der Waals surface area contributed by atoms with Gasteiger partial charge in [-0.15, -0.1) is 0 Å². The highest BCUT2D eigenvalue weighted by molar-refractivity contribution is 5.90. The van der Waals surface area contributed by atoms with Gasteiger partial charge in [-0.05, 0) is 50.6 Å². The van der Waals surface area contributed by atoms with Crippen LogP contribution >= 0.6 is 0 Å². The van der Waals surface area contributed by atoms with Crippen molar-refractivity contribution in [1.29, 1.82) is 0 Å². The van der Waals surface area contributed by atoms with Gasteiger partial charge in [-0.2, -0.15) is 13.2 Å². The van der Waals surface area contributed by atoms with Crippen LogP contribution in [0.2, 0.25) is 0 Å². The number of rotatable bonds is 3. The van der Waals surface area contributed by atoms with Crippen LogP contribution < -0.4 is 0 Å². The molecule has 8 heteroatoms. The first-order valence-corrected chi connectivity index (χ1v) is 7.72. The molecule has 0 aliphatic carbocycles. The van der Waals surface area contributed by atoms with Crippen LogP contribution in [-0.4, -0.2) is 33.2 Å². The van der Waals surface area contributed by atoms with E-state index in [2.05, 4.69) is 6.58 Å². The summed E-state index contributed by atoms with van der Waals surface area (Å²) < 4.78 is 59.5. The molecule has 0 bridgehead atoms. The van der Waals surface area contributed by atoms with E-state index in [4.69, 9.17) is 4.74 Å². The van der Waals surface area contributed by atoms with E-state index in [9.17, 15) is 27.5 Å². The van der Waals surface area contributed by atoms with E-state index < -0.39 is 29.6 Å². The minimum atomic E-state index is -5.33. The summed E-state index contributed by atoms with van der Waals surface area (Å²) in [4.78, 5) is 12.2. The molecule has 0 spiro atoms. The predicted molar refractivity (Wildman–Crippen MR) is 88.6 cm³/mol. The Morgan fingerprint density at radius 1 is 1.23 bits per heavy atom. The van der Waals surface area contributed by atoms with Gasteiger partial charge in [0.15, 0.2) is 0 Å². The Hall–Kier alpha value is -2.35. The number of hydrogen-bond acceptors (Lipinski definition) is 3. The molecule has 1 N–H and O–H groups in total. The monoisotopic (exact) mass is 373 g/mol. The van der Waals surface area contributed by atoms with Crippen LogP contribution in [0.5, 0.6) is 0 Å². The molecule has 142 valence electrons. The van der Waals surface area contributed by atoms with E-state index in [1.165, 1.54) is 29.0 Å². The Labute approximate surface area is 147 Å². The van der Waals surface area contributed by atoms with Crippen molar-refractivity contribution in [2.24, 2.45) is 0 Å². The van der Waals surface area contributed by atoms with E-state index in [-0.39, 0.29) is 11.6 Å². The lowest BCUT2D eigenvalue weighted by molar-refractivity contribution is -0.241. The first-order valence-electron chi connectivity index (χ1n) is 7.72. The van der Waals surface area contributed by atoms with Crippen LogP contribution in [0, 0.1) is 0 Å². The fourth-order valence-corrected chi connectivity index (χ4v) is 2.43. The summed E-state index contributed by atoms with van der Waals surface area (Å²) in [6.07, 6.45) is -7.06. The molecule has 0 unspecified atom stereocenters. The van der Waals surface area contributed by atoms with Crippen molar-refractivity contribution < 1.29 is 32.2 Å². The first kappa shape index (κ1) is 20.0. The number of alkyl halides is 4. The van der Waals surface area contributed by atoms with Crippen molar-refractivity contribution in [2.75, 3.05) is 0 Å². The van der Waals surface area contributed by atoms with Crippen molar-refractivity contribution >= 4 is 17.0 Å². The summed E-state index contributed by atoms with van der Waals surface area (Å²) in [6.45, 7) is 7.93. The van der Waals surface area contributed by atoms with Crippen LogP contribution in [0.25, 0.3) is 10.9 Å². The summed E-state index contributed by atoms with van der Waals surface area (Å²) >= 11 is 0. The molecule has 0 saturated heterocycles. The normalized spacial score (nSPS) is 16.2. The number of carbonyl (C=O) groups excluding carboxylic acids is 1. The average Bonchev–Trinajstić information content (AvgIpc) is 2.93. The SMILES string of the molecule is C=C[C@@](F)([C@@H](O)c1ccc2c(ccn2C(=O)OC(C)(C)C)c1)C(F)(F)F. The largest absolute Gasteiger partial charge is 0.443 e. The Bertz CT molecular complexity index is 835. The first-order chi connectivity index (χ1) is 11.8. The van der Waals surface area contributed by atoms with E-state index in [0.717, 1.165) is 6.07 Å². The molecule has 0 amide bonds. The zero-order chi connectivity index (χ0) is 19.9. The topological polar surface area (TPSA) is 51.5 Å². The number of nitrogens with zero attached hydrogens (tertiary/aromatic N) is 1. The molecule has 1 heterocycles. The lowest BCUT2D eigenvalue weighted by Crippen LogP contribution is -2.44. The third-order valence-electron chi connectivity index (χ3n) is 3.75. The van der Waals surface area contributed by atoms with Crippen LogP contribution in [0.1, 0.15) is 32.4 Å². The standard InChI is InChI=1S/C18H19F4NO3/c1-5-17(19,18(20,21)22)14(24)12-6-7-13-11(10-12)8-9-23(13)15(25)26-16(2,3)4/h5-10,14,24H,1H2,2-4H3/t14-,17+/m0/s1. The second-order valence-electron chi connectivity index (χ2n) is 6.86. The van der Waals surface area contributed by atoms with Crippen molar-refractivity contribution in [3.63, 3.8) is 0 Å². The minimum absolute atomic E-state index is 0.0354. The zero-order valence-electron chi connectivity index (χ0n) is 14.5. The molecule has 1 aromatic carbocycles. The Kier molecular flexibility index (Phi) is 4.93. The molecule has 1 aromatic heterocycles. The number of aliphatic hydroxyl groups is 1. The third-order valence-corrected chi connectivity index (χ3v) is 3.75. The van der Waals surface area contributed by atoms with Gasteiger partial charge in [-0.1, -0.05) is 12.6 Å². The quantitative estimate of drug-likeness (QED) is 0.614. The number of aliphatic hydroxyl groups excluding tert-OH is 1. The van der Waals surface area contributed by atoms with Gasteiger partial charge < -0.3 is 9.84 Å². The molecule has 0 aliphatic heterocycles. The lowest BCUT2D eigenvalue weighted by atomic mass is 9.91. The molecule has 2 atom stereocenters. The van der Waals surface area contributed by atoms with Gasteiger partial charge in [-0.3, -0.25) is 4.57 Å². The second-order valence-corrected chi connectivity index (χ2v) is 6.86. The number of halogens is 4. The number of fused-ring (bicyclic) bond motifs is 1. The fourth-order valence-electron chi connectivity index (χ4n) is 2.43. The molecule has 0 saturated carbocycles. The number of carbonyl (C=O) groups is 1. The van der Waals surface area contributed by atoms with Crippen LogP contribution in [-0.2, 0) is 4.74 Å². The summed E-state index contributed by atoms with van der Waals surface area (Å²) in [6, 6.07) is 5.08. The molecule has 0 radical (unpaired) electrons. The van der Waals surface area contributed by atoms with Gasteiger partial charge in [-0.25, -0.2) is 9.18 Å².